The van der Waals surface area contributed by atoms with Gasteiger partial charge < -0.3 is 15.0 Å². The van der Waals surface area contributed by atoms with Crippen molar-refractivity contribution in [3.05, 3.63) is 58.4 Å². The maximum absolute atomic E-state index is 13.6. The number of nitrogens with zero attached hydrogens (tertiary/aromatic N) is 3. The zero-order valence-electron chi connectivity index (χ0n) is 13.9. The maximum Gasteiger partial charge on any atom is 0.407 e. The van der Waals surface area contributed by atoms with Crippen LogP contribution >= 0.6 is 0 Å². The number of nitrogens with one attached hydrogen (secondary N) is 1. The van der Waals surface area contributed by atoms with Crippen LogP contribution in [-0.4, -0.2) is 43.8 Å². The molecule has 0 saturated carbocycles. The molecule has 1 saturated heterocycles. The van der Waals surface area contributed by atoms with E-state index in [0.717, 1.165) is 5.69 Å². The van der Waals surface area contributed by atoms with Crippen molar-refractivity contribution in [2.24, 2.45) is 0 Å². The van der Waals surface area contributed by atoms with Crippen LogP contribution in [0, 0.1) is 5.82 Å². The fourth-order valence-electron chi connectivity index (χ4n) is 3.54. The van der Waals surface area contributed by atoms with Gasteiger partial charge in [0.2, 0.25) is 0 Å². The molecule has 0 bridgehead atoms. The molecular weight excluding hydrogens is 339 g/mol. The van der Waals surface area contributed by atoms with Gasteiger partial charge >= 0.3 is 6.09 Å². The van der Waals surface area contributed by atoms with Crippen molar-refractivity contribution in [1.82, 2.24) is 19.5 Å². The molecule has 0 radical (unpaired) electrons. The van der Waals surface area contributed by atoms with E-state index in [1.165, 1.54) is 23.1 Å². The van der Waals surface area contributed by atoms with Gasteiger partial charge in [-0.2, -0.15) is 5.10 Å². The monoisotopic (exact) mass is 356 g/mol. The van der Waals surface area contributed by atoms with E-state index in [1.54, 1.807) is 22.8 Å². The summed E-state index contributed by atoms with van der Waals surface area (Å²) in [6.45, 7) is 0.846. The summed E-state index contributed by atoms with van der Waals surface area (Å²) in [6.07, 6.45) is 1.93. The number of hydrogen-bond donors (Lipinski definition) is 2. The average molecular weight is 356 g/mol. The van der Waals surface area contributed by atoms with Crippen LogP contribution in [0.5, 0.6) is 0 Å². The minimum absolute atomic E-state index is 0.0376. The predicted octanol–water partition coefficient (Wildman–Crippen LogP) is 2.69. The van der Waals surface area contributed by atoms with Crippen molar-refractivity contribution >= 4 is 11.7 Å². The number of benzene rings is 1. The molecule has 0 aliphatic carbocycles. The number of carbonyl (C=O) groups is 1. The van der Waals surface area contributed by atoms with E-state index in [9.17, 15) is 14.0 Å². The first-order valence-corrected chi connectivity index (χ1v) is 8.37. The van der Waals surface area contributed by atoms with E-state index in [-0.39, 0.29) is 17.3 Å². The van der Waals surface area contributed by atoms with Crippen molar-refractivity contribution in [3.63, 3.8) is 0 Å². The molecule has 2 N–H and O–H groups in total. The predicted molar refractivity (Wildman–Crippen MR) is 92.8 cm³/mol. The molecular formula is C18H17FN4O3. The summed E-state index contributed by atoms with van der Waals surface area (Å²) in [5, 5.41) is 13.5. The zero-order valence-corrected chi connectivity index (χ0v) is 13.9. The van der Waals surface area contributed by atoms with Gasteiger partial charge in [0.1, 0.15) is 11.5 Å². The molecule has 4 rings (SSSR count). The summed E-state index contributed by atoms with van der Waals surface area (Å²) in [4.78, 5) is 27.4. The quantitative estimate of drug-likeness (QED) is 0.739. The SMILES string of the molecule is O=C(O)N1CCC(c2cc(=O)[nH]c3c(-c4cccc(F)c4)cnn23)CC1. The van der Waals surface area contributed by atoms with E-state index < -0.39 is 6.09 Å². The average Bonchev–Trinajstić information content (AvgIpc) is 3.05. The summed E-state index contributed by atoms with van der Waals surface area (Å²) in [5.41, 5.74) is 2.28. The third kappa shape index (κ3) is 2.83. The second-order valence-corrected chi connectivity index (χ2v) is 6.43. The van der Waals surface area contributed by atoms with Crippen molar-refractivity contribution < 1.29 is 14.3 Å². The van der Waals surface area contributed by atoms with Gasteiger partial charge in [0.05, 0.1) is 11.9 Å². The highest BCUT2D eigenvalue weighted by molar-refractivity contribution is 5.77. The molecule has 26 heavy (non-hydrogen) atoms. The molecule has 1 aliphatic rings. The Bertz CT molecular complexity index is 1030. The lowest BCUT2D eigenvalue weighted by molar-refractivity contribution is 0.131. The van der Waals surface area contributed by atoms with Gasteiger partial charge in [-0.25, -0.2) is 13.7 Å². The number of aromatic amines is 1. The number of rotatable bonds is 2. The topological polar surface area (TPSA) is 90.7 Å². The van der Waals surface area contributed by atoms with Crippen LogP contribution in [-0.2, 0) is 0 Å². The smallest absolute Gasteiger partial charge is 0.407 e. The third-order valence-corrected chi connectivity index (χ3v) is 4.85. The largest absolute Gasteiger partial charge is 0.465 e. The molecule has 134 valence electrons. The number of H-pyrrole nitrogens is 1. The maximum atomic E-state index is 13.6. The molecule has 7 nitrogen and oxygen atoms in total. The Labute approximate surface area is 147 Å². The number of hydrogen-bond acceptors (Lipinski definition) is 3. The van der Waals surface area contributed by atoms with Crippen molar-refractivity contribution in [2.45, 2.75) is 18.8 Å². The number of aromatic nitrogens is 3. The highest BCUT2D eigenvalue weighted by Crippen LogP contribution is 2.30. The van der Waals surface area contributed by atoms with E-state index in [2.05, 4.69) is 10.1 Å². The molecule has 3 aromatic rings. The molecule has 0 atom stereocenters. The lowest BCUT2D eigenvalue weighted by Gasteiger charge is -2.30. The highest BCUT2D eigenvalue weighted by Gasteiger charge is 2.26. The summed E-state index contributed by atoms with van der Waals surface area (Å²) in [7, 11) is 0. The summed E-state index contributed by atoms with van der Waals surface area (Å²) < 4.78 is 15.2. The molecule has 0 spiro atoms. The van der Waals surface area contributed by atoms with E-state index >= 15 is 0 Å². The van der Waals surface area contributed by atoms with Crippen LogP contribution in [0.4, 0.5) is 9.18 Å². The lowest BCUT2D eigenvalue weighted by atomic mass is 9.93. The van der Waals surface area contributed by atoms with Crippen LogP contribution in [0.3, 0.4) is 0 Å². The van der Waals surface area contributed by atoms with E-state index in [1.807, 2.05) is 0 Å². The van der Waals surface area contributed by atoms with Gasteiger partial charge in [0, 0.05) is 30.6 Å². The Balaban J connectivity index is 1.76. The molecule has 1 aliphatic heterocycles. The first-order chi connectivity index (χ1) is 12.5. The van der Waals surface area contributed by atoms with Crippen molar-refractivity contribution in [2.75, 3.05) is 13.1 Å². The fraction of sp³-hybridized carbons (Fsp3) is 0.278. The first-order valence-electron chi connectivity index (χ1n) is 8.37. The van der Waals surface area contributed by atoms with Crippen molar-refractivity contribution in [1.29, 1.82) is 0 Å². The molecule has 1 aromatic carbocycles. The second-order valence-electron chi connectivity index (χ2n) is 6.43. The van der Waals surface area contributed by atoms with Crippen LogP contribution in [0.1, 0.15) is 24.5 Å². The Morgan fingerprint density at radius 2 is 2.04 bits per heavy atom. The molecule has 0 unspecified atom stereocenters. The second kappa shape index (κ2) is 6.29. The standard InChI is InChI=1S/C18H17FN4O3/c19-13-3-1-2-12(8-13)14-10-20-23-15(9-16(24)21-17(14)23)11-4-6-22(7-5-11)18(25)26/h1-3,8-11H,4-7H2,(H,21,24)(H,25,26). The lowest BCUT2D eigenvalue weighted by Crippen LogP contribution is -2.37. The molecule has 1 amide bonds. The number of fused-ring (bicyclic) bond motifs is 1. The van der Waals surface area contributed by atoms with Crippen LogP contribution < -0.4 is 5.56 Å². The molecule has 1 fully saturated rings. The minimum atomic E-state index is -0.924. The number of halogens is 1. The van der Waals surface area contributed by atoms with Gasteiger partial charge in [-0.1, -0.05) is 12.1 Å². The van der Waals surface area contributed by atoms with Crippen LogP contribution in [0.2, 0.25) is 0 Å². The Kier molecular flexibility index (Phi) is 3.95. The van der Waals surface area contributed by atoms with Gasteiger partial charge in [-0.3, -0.25) is 4.79 Å². The van der Waals surface area contributed by atoms with Gasteiger partial charge in [-0.15, -0.1) is 0 Å². The van der Waals surface area contributed by atoms with Gasteiger partial charge in [0.25, 0.3) is 5.56 Å². The van der Waals surface area contributed by atoms with E-state index in [0.29, 0.717) is 42.7 Å². The Morgan fingerprint density at radius 3 is 2.73 bits per heavy atom. The first kappa shape index (κ1) is 16.3. The van der Waals surface area contributed by atoms with Crippen LogP contribution in [0.15, 0.2) is 41.3 Å². The summed E-state index contributed by atoms with van der Waals surface area (Å²) in [6, 6.07) is 7.64. The normalized spacial score (nSPS) is 15.5. The number of carboxylic acid groups (broad SMARTS) is 1. The number of piperidine rings is 1. The van der Waals surface area contributed by atoms with Crippen LogP contribution in [0.25, 0.3) is 16.8 Å². The Morgan fingerprint density at radius 1 is 1.27 bits per heavy atom. The zero-order chi connectivity index (χ0) is 18.3. The fourth-order valence-corrected chi connectivity index (χ4v) is 3.54. The number of amides is 1. The molecule has 2 aromatic heterocycles. The van der Waals surface area contributed by atoms with E-state index in [4.69, 9.17) is 5.11 Å². The highest BCUT2D eigenvalue weighted by atomic mass is 19.1. The molecule has 3 heterocycles. The van der Waals surface area contributed by atoms with Gasteiger partial charge in [0.15, 0.2) is 0 Å². The number of likely N-dealkylation sites (tertiary alicyclic amines) is 1. The summed E-state index contributed by atoms with van der Waals surface area (Å²) in [5.74, 6) is -0.322. The third-order valence-electron chi connectivity index (χ3n) is 4.85. The summed E-state index contributed by atoms with van der Waals surface area (Å²) >= 11 is 0. The van der Waals surface area contributed by atoms with Gasteiger partial charge in [-0.05, 0) is 30.5 Å². The Hall–Kier alpha value is -3.16. The minimum Gasteiger partial charge on any atom is -0.465 e. The van der Waals surface area contributed by atoms with Crippen molar-refractivity contribution in [3.8, 4) is 11.1 Å². The molecule has 8 heteroatoms.